The highest BCUT2D eigenvalue weighted by Crippen LogP contribution is 2.25. The average molecular weight is 388 g/mol. The zero-order chi connectivity index (χ0) is 19.3. The van der Waals surface area contributed by atoms with E-state index in [1.54, 1.807) is 30.5 Å². The van der Waals surface area contributed by atoms with Gasteiger partial charge in [0.1, 0.15) is 0 Å². The standard InChI is InChI=1S/C21H16N4O2S/c26-19(15-7-3-1-4-8-15)23-13-14-11-17-18(22-12-14)24-21(28-17)25-20(27)16-9-5-2-6-10-16/h1-12H,13H2,(H,23,26)(H,22,24,25,27). The second kappa shape index (κ2) is 7.98. The number of benzene rings is 2. The Kier molecular flexibility index (Phi) is 5.07. The molecule has 2 amide bonds. The number of hydrogen-bond donors (Lipinski definition) is 2. The maximum Gasteiger partial charge on any atom is 0.257 e. The molecule has 7 heteroatoms. The predicted molar refractivity (Wildman–Crippen MR) is 109 cm³/mol. The zero-order valence-corrected chi connectivity index (χ0v) is 15.6. The van der Waals surface area contributed by atoms with E-state index in [1.165, 1.54) is 11.3 Å². The van der Waals surface area contributed by atoms with Crippen molar-refractivity contribution < 1.29 is 9.59 Å². The summed E-state index contributed by atoms with van der Waals surface area (Å²) in [5.74, 6) is -0.351. The number of amides is 2. The number of hydrogen-bond acceptors (Lipinski definition) is 5. The first-order chi connectivity index (χ1) is 13.7. The molecule has 0 fully saturated rings. The third-order valence-electron chi connectivity index (χ3n) is 4.05. The molecule has 0 saturated heterocycles. The lowest BCUT2D eigenvalue weighted by molar-refractivity contribution is 0.0950. The number of rotatable bonds is 5. The van der Waals surface area contributed by atoms with Crippen molar-refractivity contribution in [1.29, 1.82) is 0 Å². The largest absolute Gasteiger partial charge is 0.348 e. The van der Waals surface area contributed by atoms with E-state index in [0.29, 0.717) is 28.5 Å². The Labute approximate surface area is 165 Å². The summed E-state index contributed by atoms with van der Waals surface area (Å²) in [6.45, 7) is 0.361. The molecule has 138 valence electrons. The van der Waals surface area contributed by atoms with Crippen LogP contribution in [0, 0.1) is 0 Å². The second-order valence-electron chi connectivity index (χ2n) is 6.05. The van der Waals surface area contributed by atoms with Crippen LogP contribution in [0.2, 0.25) is 0 Å². The van der Waals surface area contributed by atoms with E-state index in [9.17, 15) is 9.59 Å². The van der Waals surface area contributed by atoms with Crippen LogP contribution in [0.4, 0.5) is 5.13 Å². The quantitative estimate of drug-likeness (QED) is 0.544. The molecular weight excluding hydrogens is 372 g/mol. The van der Waals surface area contributed by atoms with E-state index in [1.807, 2.05) is 42.5 Å². The lowest BCUT2D eigenvalue weighted by Crippen LogP contribution is -2.22. The predicted octanol–water partition coefficient (Wildman–Crippen LogP) is 3.87. The van der Waals surface area contributed by atoms with Gasteiger partial charge in [-0.15, -0.1) is 0 Å². The monoisotopic (exact) mass is 388 g/mol. The Hall–Kier alpha value is -3.58. The van der Waals surface area contributed by atoms with Gasteiger partial charge in [0.15, 0.2) is 10.8 Å². The molecule has 4 rings (SSSR count). The van der Waals surface area contributed by atoms with Crippen LogP contribution in [0.15, 0.2) is 72.9 Å². The highest BCUT2D eigenvalue weighted by molar-refractivity contribution is 7.22. The molecule has 0 aliphatic heterocycles. The molecule has 6 nitrogen and oxygen atoms in total. The fraction of sp³-hybridized carbons (Fsp3) is 0.0476. The highest BCUT2D eigenvalue weighted by Gasteiger charge is 2.11. The van der Waals surface area contributed by atoms with Crippen molar-refractivity contribution >= 4 is 38.6 Å². The van der Waals surface area contributed by atoms with Gasteiger partial charge in [0.05, 0.1) is 4.70 Å². The molecule has 2 heterocycles. The van der Waals surface area contributed by atoms with Gasteiger partial charge in [-0.3, -0.25) is 14.9 Å². The number of aromatic nitrogens is 2. The number of carbonyl (C=O) groups is 2. The summed E-state index contributed by atoms with van der Waals surface area (Å²) in [6, 6.07) is 19.9. The van der Waals surface area contributed by atoms with Gasteiger partial charge in [-0.25, -0.2) is 4.98 Å². The molecule has 0 saturated carbocycles. The van der Waals surface area contributed by atoms with Gasteiger partial charge in [0.2, 0.25) is 0 Å². The summed E-state index contributed by atoms with van der Waals surface area (Å²) < 4.78 is 0.842. The Morgan fingerprint density at radius 3 is 2.21 bits per heavy atom. The zero-order valence-electron chi connectivity index (χ0n) is 14.8. The number of fused-ring (bicyclic) bond motifs is 1. The first-order valence-electron chi connectivity index (χ1n) is 8.64. The van der Waals surface area contributed by atoms with Gasteiger partial charge in [-0.2, -0.15) is 4.98 Å². The molecule has 2 aromatic heterocycles. The van der Waals surface area contributed by atoms with E-state index in [0.717, 1.165) is 10.3 Å². The summed E-state index contributed by atoms with van der Waals surface area (Å²) in [4.78, 5) is 33.1. The van der Waals surface area contributed by atoms with Crippen molar-refractivity contribution in [3.05, 3.63) is 89.6 Å². The van der Waals surface area contributed by atoms with Crippen molar-refractivity contribution in [3.8, 4) is 0 Å². The number of pyridine rings is 1. The Morgan fingerprint density at radius 1 is 0.893 bits per heavy atom. The van der Waals surface area contributed by atoms with Crippen molar-refractivity contribution in [3.63, 3.8) is 0 Å². The summed E-state index contributed by atoms with van der Waals surface area (Å²) in [6.07, 6.45) is 1.68. The maximum atomic E-state index is 12.3. The number of carbonyl (C=O) groups excluding carboxylic acids is 2. The van der Waals surface area contributed by atoms with Crippen LogP contribution < -0.4 is 10.6 Å². The molecule has 0 aliphatic carbocycles. The molecule has 2 N–H and O–H groups in total. The molecule has 0 radical (unpaired) electrons. The third-order valence-corrected chi connectivity index (χ3v) is 4.96. The Balaban J connectivity index is 1.44. The van der Waals surface area contributed by atoms with Crippen LogP contribution in [-0.4, -0.2) is 21.8 Å². The normalized spacial score (nSPS) is 10.6. The molecule has 0 bridgehead atoms. The lowest BCUT2D eigenvalue weighted by Gasteiger charge is -2.04. The molecule has 0 atom stereocenters. The fourth-order valence-corrected chi connectivity index (χ4v) is 3.53. The second-order valence-corrected chi connectivity index (χ2v) is 7.08. The molecule has 0 unspecified atom stereocenters. The summed E-state index contributed by atoms with van der Waals surface area (Å²) in [5, 5.41) is 6.16. The summed E-state index contributed by atoms with van der Waals surface area (Å²) in [7, 11) is 0. The number of nitrogens with zero attached hydrogens (tertiary/aromatic N) is 2. The van der Waals surface area contributed by atoms with E-state index in [4.69, 9.17) is 0 Å². The lowest BCUT2D eigenvalue weighted by atomic mass is 10.2. The van der Waals surface area contributed by atoms with Gasteiger partial charge in [0, 0.05) is 23.9 Å². The van der Waals surface area contributed by atoms with Gasteiger partial charge in [-0.1, -0.05) is 47.7 Å². The summed E-state index contributed by atoms with van der Waals surface area (Å²) >= 11 is 1.35. The topological polar surface area (TPSA) is 84.0 Å². The van der Waals surface area contributed by atoms with Crippen molar-refractivity contribution in [1.82, 2.24) is 15.3 Å². The highest BCUT2D eigenvalue weighted by atomic mass is 32.1. The minimum Gasteiger partial charge on any atom is -0.348 e. The molecular formula is C21H16N4O2S. The van der Waals surface area contributed by atoms with Crippen molar-refractivity contribution in [2.45, 2.75) is 6.54 Å². The average Bonchev–Trinajstić information content (AvgIpc) is 3.14. The van der Waals surface area contributed by atoms with Gasteiger partial charge in [-0.05, 0) is 35.9 Å². The van der Waals surface area contributed by atoms with Crippen molar-refractivity contribution in [2.75, 3.05) is 5.32 Å². The van der Waals surface area contributed by atoms with Gasteiger partial charge >= 0.3 is 0 Å². The third kappa shape index (κ3) is 4.05. The smallest absolute Gasteiger partial charge is 0.257 e. The molecule has 28 heavy (non-hydrogen) atoms. The first-order valence-corrected chi connectivity index (χ1v) is 9.46. The van der Waals surface area contributed by atoms with Crippen molar-refractivity contribution in [2.24, 2.45) is 0 Å². The van der Waals surface area contributed by atoms with E-state index < -0.39 is 0 Å². The molecule has 0 spiro atoms. The van der Waals surface area contributed by atoms with E-state index >= 15 is 0 Å². The van der Waals surface area contributed by atoms with Crippen LogP contribution in [0.25, 0.3) is 10.3 Å². The fourth-order valence-electron chi connectivity index (χ4n) is 2.64. The first kappa shape index (κ1) is 17.8. The molecule has 2 aromatic carbocycles. The number of nitrogens with one attached hydrogen (secondary N) is 2. The van der Waals surface area contributed by atoms with Crippen LogP contribution >= 0.6 is 11.3 Å². The number of thiazole rings is 1. The van der Waals surface area contributed by atoms with Crippen LogP contribution in [0.5, 0.6) is 0 Å². The Morgan fingerprint density at radius 2 is 1.54 bits per heavy atom. The number of anilines is 1. The van der Waals surface area contributed by atoms with Crippen LogP contribution in [0.3, 0.4) is 0 Å². The molecule has 4 aromatic rings. The van der Waals surface area contributed by atoms with Gasteiger partial charge < -0.3 is 5.32 Å². The SMILES string of the molecule is O=C(NCc1cnc2nc(NC(=O)c3ccccc3)sc2c1)c1ccccc1. The van der Waals surface area contributed by atoms with Crippen LogP contribution in [-0.2, 0) is 6.54 Å². The minimum atomic E-state index is -0.213. The maximum absolute atomic E-state index is 12.3. The van der Waals surface area contributed by atoms with Crippen LogP contribution in [0.1, 0.15) is 26.3 Å². The minimum absolute atomic E-state index is 0.138. The van der Waals surface area contributed by atoms with Gasteiger partial charge in [0.25, 0.3) is 11.8 Å². The summed E-state index contributed by atoms with van der Waals surface area (Å²) in [5.41, 5.74) is 2.60. The van der Waals surface area contributed by atoms with E-state index in [2.05, 4.69) is 20.6 Å². The molecule has 0 aliphatic rings. The Bertz CT molecular complexity index is 1130. The van der Waals surface area contributed by atoms with E-state index in [-0.39, 0.29) is 11.8 Å².